The Balaban J connectivity index is 1.69. The summed E-state index contributed by atoms with van der Waals surface area (Å²) in [6.07, 6.45) is 3.11. The number of amides is 1. The Morgan fingerprint density at radius 2 is 1.77 bits per heavy atom. The van der Waals surface area contributed by atoms with Crippen LogP contribution in [0.3, 0.4) is 0 Å². The van der Waals surface area contributed by atoms with Gasteiger partial charge < -0.3 is 13.9 Å². The fourth-order valence-electron chi connectivity index (χ4n) is 4.52. The van der Waals surface area contributed by atoms with Gasteiger partial charge >= 0.3 is 5.97 Å². The molecule has 0 aliphatic carbocycles. The van der Waals surface area contributed by atoms with Crippen molar-refractivity contribution in [1.29, 1.82) is 0 Å². The maximum Gasteiger partial charge on any atom is 0.350 e. The first-order chi connectivity index (χ1) is 18.7. The molecule has 4 aromatic rings. The molecule has 1 atom stereocenters. The number of aromatic nitrogens is 1. The van der Waals surface area contributed by atoms with Gasteiger partial charge in [0.25, 0.3) is 5.91 Å². The topological polar surface area (TPSA) is 98.9 Å². The molecule has 39 heavy (non-hydrogen) atoms. The number of anilines is 1. The zero-order valence-corrected chi connectivity index (χ0v) is 22.6. The molecule has 3 heterocycles. The third kappa shape index (κ3) is 4.55. The number of carbonyl (C=O) groups is 2. The summed E-state index contributed by atoms with van der Waals surface area (Å²) in [5.41, 5.74) is 3.23. The molecule has 0 fully saturated rings. The maximum atomic E-state index is 13.9. The molecule has 9 heteroatoms. The zero-order valence-electron chi connectivity index (χ0n) is 21.8. The molecule has 5 rings (SSSR count). The Morgan fingerprint density at radius 3 is 2.46 bits per heavy atom. The van der Waals surface area contributed by atoms with E-state index in [0.717, 1.165) is 22.5 Å². The second-order valence-electron chi connectivity index (χ2n) is 9.15. The third-order valence-electron chi connectivity index (χ3n) is 6.56. The van der Waals surface area contributed by atoms with Crippen LogP contribution in [0.25, 0.3) is 11.0 Å². The minimum absolute atomic E-state index is 0.0450. The van der Waals surface area contributed by atoms with Gasteiger partial charge in [0.2, 0.25) is 5.76 Å². The van der Waals surface area contributed by atoms with Crippen molar-refractivity contribution in [1.82, 2.24) is 4.98 Å². The van der Waals surface area contributed by atoms with Gasteiger partial charge in [-0.05, 0) is 61.7 Å². The van der Waals surface area contributed by atoms with Crippen molar-refractivity contribution in [2.45, 2.75) is 26.8 Å². The molecule has 0 saturated heterocycles. The average molecular weight is 543 g/mol. The average Bonchev–Trinajstić information content (AvgIpc) is 3.44. The van der Waals surface area contributed by atoms with E-state index in [2.05, 4.69) is 18.1 Å². The normalized spacial score (nSPS) is 14.4. The minimum atomic E-state index is -0.828. The van der Waals surface area contributed by atoms with Gasteiger partial charge in [-0.15, -0.1) is 0 Å². The van der Waals surface area contributed by atoms with Gasteiger partial charge in [-0.25, -0.2) is 9.78 Å². The Labute approximate surface area is 228 Å². The fourth-order valence-corrected chi connectivity index (χ4v) is 5.50. The van der Waals surface area contributed by atoms with E-state index >= 15 is 0 Å². The van der Waals surface area contributed by atoms with E-state index in [1.54, 1.807) is 49.4 Å². The fraction of sp³-hybridized carbons (Fsp3) is 0.200. The summed E-state index contributed by atoms with van der Waals surface area (Å²) in [4.78, 5) is 46.6. The number of aryl methyl sites for hydroxylation is 3. The van der Waals surface area contributed by atoms with Crippen LogP contribution < -0.4 is 15.1 Å². The largest absolute Gasteiger partial charge is 0.490 e. The number of hydrogen-bond acceptors (Lipinski definition) is 8. The molecule has 8 nitrogen and oxygen atoms in total. The number of esters is 1. The lowest BCUT2D eigenvalue weighted by Gasteiger charge is -2.22. The lowest BCUT2D eigenvalue weighted by molar-refractivity contribution is 0.0554. The van der Waals surface area contributed by atoms with Crippen molar-refractivity contribution in [3.63, 3.8) is 0 Å². The summed E-state index contributed by atoms with van der Waals surface area (Å²) in [6.45, 7) is 13.1. The van der Waals surface area contributed by atoms with Crippen LogP contribution in [-0.2, 0) is 4.74 Å². The molecule has 0 spiro atoms. The second kappa shape index (κ2) is 10.3. The van der Waals surface area contributed by atoms with Crippen LogP contribution in [0.1, 0.15) is 54.2 Å². The molecule has 0 bridgehead atoms. The minimum Gasteiger partial charge on any atom is -0.490 e. The van der Waals surface area contributed by atoms with E-state index in [9.17, 15) is 14.4 Å². The number of hydrogen-bond donors (Lipinski definition) is 0. The highest BCUT2D eigenvalue weighted by atomic mass is 32.1. The Kier molecular flexibility index (Phi) is 6.93. The van der Waals surface area contributed by atoms with Gasteiger partial charge in [0.05, 0.1) is 22.7 Å². The number of rotatable bonds is 8. The first-order valence-corrected chi connectivity index (χ1v) is 13.1. The molecule has 1 unspecified atom stereocenters. The molecule has 2 aromatic carbocycles. The Bertz CT molecular complexity index is 1700. The zero-order chi connectivity index (χ0) is 27.8. The maximum absolute atomic E-state index is 13.9. The lowest BCUT2D eigenvalue weighted by Crippen LogP contribution is -2.29. The van der Waals surface area contributed by atoms with Crippen molar-refractivity contribution in [2.24, 2.45) is 0 Å². The van der Waals surface area contributed by atoms with Gasteiger partial charge in [0.15, 0.2) is 10.6 Å². The monoisotopic (exact) mass is 542 g/mol. The highest BCUT2D eigenvalue weighted by Crippen LogP contribution is 2.43. The van der Waals surface area contributed by atoms with Gasteiger partial charge in [0, 0.05) is 0 Å². The van der Waals surface area contributed by atoms with Crippen molar-refractivity contribution in [3.05, 3.63) is 111 Å². The van der Waals surface area contributed by atoms with E-state index in [0.29, 0.717) is 34.6 Å². The number of benzene rings is 2. The predicted octanol–water partition coefficient (Wildman–Crippen LogP) is 5.83. The number of fused-ring (bicyclic) bond motifs is 2. The number of nitrogens with zero attached hydrogens (tertiary/aromatic N) is 2. The smallest absolute Gasteiger partial charge is 0.350 e. The van der Waals surface area contributed by atoms with Crippen molar-refractivity contribution >= 4 is 39.3 Å². The third-order valence-corrected chi connectivity index (χ3v) is 7.70. The van der Waals surface area contributed by atoms with Gasteiger partial charge in [-0.3, -0.25) is 14.5 Å². The highest BCUT2D eigenvalue weighted by Gasteiger charge is 2.45. The predicted molar refractivity (Wildman–Crippen MR) is 150 cm³/mol. The molecular weight excluding hydrogens is 516 g/mol. The molecular formula is C30H26N2O6S. The van der Waals surface area contributed by atoms with E-state index in [1.165, 1.54) is 11.0 Å². The lowest BCUT2D eigenvalue weighted by atomic mass is 9.97. The van der Waals surface area contributed by atoms with Crippen LogP contribution >= 0.6 is 11.3 Å². The van der Waals surface area contributed by atoms with Crippen molar-refractivity contribution in [3.8, 4) is 5.75 Å². The van der Waals surface area contributed by atoms with Crippen LogP contribution in [0.4, 0.5) is 5.13 Å². The summed E-state index contributed by atoms with van der Waals surface area (Å²) in [5.74, 6) is -0.509. The number of thiazole rings is 1. The molecule has 1 amide bonds. The summed E-state index contributed by atoms with van der Waals surface area (Å²) < 4.78 is 16.9. The van der Waals surface area contributed by atoms with Gasteiger partial charge in [-0.2, -0.15) is 0 Å². The van der Waals surface area contributed by atoms with E-state index in [4.69, 9.17) is 13.9 Å². The van der Waals surface area contributed by atoms with Crippen LogP contribution in [0.5, 0.6) is 5.75 Å². The van der Waals surface area contributed by atoms with E-state index in [1.807, 2.05) is 13.8 Å². The van der Waals surface area contributed by atoms with Gasteiger partial charge in [-0.1, -0.05) is 48.8 Å². The molecule has 1 aliphatic heterocycles. The Hall–Kier alpha value is -4.50. The van der Waals surface area contributed by atoms with E-state index in [-0.39, 0.29) is 33.4 Å². The first-order valence-electron chi connectivity index (χ1n) is 12.3. The van der Waals surface area contributed by atoms with Crippen LogP contribution in [-0.4, -0.2) is 30.1 Å². The van der Waals surface area contributed by atoms with Crippen molar-refractivity contribution < 1.29 is 23.5 Å². The van der Waals surface area contributed by atoms with Crippen LogP contribution in [0.2, 0.25) is 0 Å². The van der Waals surface area contributed by atoms with E-state index < -0.39 is 17.9 Å². The summed E-state index contributed by atoms with van der Waals surface area (Å²) in [5, 5.41) is 0.647. The Morgan fingerprint density at radius 1 is 1.08 bits per heavy atom. The molecule has 198 valence electrons. The molecule has 0 radical (unpaired) electrons. The SMILES string of the molecule is C=CCOC(=O)c1sc(N2C(=O)c3oc4cc(C)c(C)cc4c(=O)c3C2c2ccc(OCC=C)cc2)nc1C. The number of carbonyl (C=O) groups excluding carboxylic acids is 2. The molecule has 1 aliphatic rings. The summed E-state index contributed by atoms with van der Waals surface area (Å²) in [6, 6.07) is 9.84. The number of ether oxygens (including phenoxy) is 2. The van der Waals surface area contributed by atoms with Crippen LogP contribution in [0, 0.1) is 20.8 Å². The second-order valence-corrected chi connectivity index (χ2v) is 10.1. The molecule has 0 N–H and O–H groups in total. The standard InChI is InChI=1S/C30H26N2O6S/c1-6-12-36-20-10-8-19(9-11-20)24-23-25(33)21-14-16(3)17(4)15-22(21)38-26(23)28(34)32(24)30-31-18(5)27(39-30)29(35)37-13-7-2/h6-11,14-15,24H,1-2,12-13H2,3-5H3. The molecule has 2 aromatic heterocycles. The quantitative estimate of drug-likeness (QED) is 0.204. The first kappa shape index (κ1) is 26.1. The highest BCUT2D eigenvalue weighted by molar-refractivity contribution is 7.17. The van der Waals surface area contributed by atoms with Crippen LogP contribution in [0.15, 0.2) is 70.9 Å². The summed E-state index contributed by atoms with van der Waals surface area (Å²) in [7, 11) is 0. The van der Waals surface area contributed by atoms with Crippen molar-refractivity contribution in [2.75, 3.05) is 18.1 Å². The summed E-state index contributed by atoms with van der Waals surface area (Å²) >= 11 is 1.02. The molecule has 0 saturated carbocycles. The van der Waals surface area contributed by atoms with Gasteiger partial charge in [0.1, 0.15) is 29.4 Å².